The number of aryl methyl sites for hydroxylation is 1. The molecular formula is C21H29N5O4. The largest absolute Gasteiger partial charge is 0.510 e. The Kier molecular flexibility index (Phi) is 9.81. The van der Waals surface area contributed by atoms with Crippen molar-refractivity contribution in [3.63, 3.8) is 0 Å². The number of hydrogen-bond acceptors (Lipinski definition) is 7. The molecule has 1 aliphatic heterocycles. The highest BCUT2D eigenvalue weighted by molar-refractivity contribution is 6.07. The van der Waals surface area contributed by atoms with Crippen molar-refractivity contribution in [2.24, 2.45) is 21.5 Å². The number of carboxylic acids is 1. The normalized spacial score (nSPS) is 13.3. The monoisotopic (exact) mass is 415 g/mol. The first-order valence-corrected chi connectivity index (χ1v) is 9.47. The lowest BCUT2D eigenvalue weighted by Crippen LogP contribution is -2.21. The molecule has 0 unspecified atom stereocenters. The molecule has 162 valence electrons. The summed E-state index contributed by atoms with van der Waals surface area (Å²) in [7, 11) is 1.59. The molecule has 1 aromatic carbocycles. The molecule has 2 rings (SSSR count). The van der Waals surface area contributed by atoms with Crippen LogP contribution in [0.4, 0.5) is 0 Å². The quantitative estimate of drug-likeness (QED) is 0.456. The zero-order valence-electron chi connectivity index (χ0n) is 17.3. The number of nitrogens with one attached hydrogen (secondary N) is 1. The van der Waals surface area contributed by atoms with Crippen molar-refractivity contribution >= 4 is 23.7 Å². The maximum Gasteiger partial charge on any atom is 0.303 e. The Labute approximate surface area is 175 Å². The number of aliphatic hydroxyl groups is 1. The van der Waals surface area contributed by atoms with Crippen LogP contribution in [0.15, 0.2) is 57.7 Å². The van der Waals surface area contributed by atoms with Gasteiger partial charge in [0, 0.05) is 19.0 Å². The number of carboxylic acid groups (broad SMARTS) is 1. The van der Waals surface area contributed by atoms with Gasteiger partial charge in [0.1, 0.15) is 18.1 Å². The van der Waals surface area contributed by atoms with Crippen molar-refractivity contribution in [2.45, 2.75) is 32.6 Å². The highest BCUT2D eigenvalue weighted by Gasteiger charge is 2.17. The van der Waals surface area contributed by atoms with Gasteiger partial charge >= 0.3 is 5.97 Å². The van der Waals surface area contributed by atoms with E-state index in [4.69, 9.17) is 16.6 Å². The molecule has 0 radical (unpaired) electrons. The third-order valence-corrected chi connectivity index (χ3v) is 4.15. The first-order valence-electron chi connectivity index (χ1n) is 9.47. The van der Waals surface area contributed by atoms with Crippen LogP contribution in [0.1, 0.15) is 42.1 Å². The van der Waals surface area contributed by atoms with E-state index in [1.807, 2.05) is 19.1 Å². The van der Waals surface area contributed by atoms with Gasteiger partial charge in [0.25, 0.3) is 5.91 Å². The maximum absolute atomic E-state index is 11.5. The zero-order chi connectivity index (χ0) is 22.7. The van der Waals surface area contributed by atoms with E-state index in [0.29, 0.717) is 36.0 Å². The Hall–Kier alpha value is -3.62. The van der Waals surface area contributed by atoms with Crippen LogP contribution in [0.5, 0.6) is 0 Å². The molecule has 0 spiro atoms. The second-order valence-electron chi connectivity index (χ2n) is 6.52. The first kappa shape index (κ1) is 24.4. The SMILES string of the molecule is C=C(CCc1ccc(C(=O)NC)cc1)C1=C(O)CN=C(N)N=C1N.CCCC(=O)O. The Bertz CT molecular complexity index is 870. The van der Waals surface area contributed by atoms with Crippen molar-refractivity contribution in [2.75, 3.05) is 13.6 Å². The number of carbonyl (C=O) groups is 2. The Morgan fingerprint density at radius 1 is 1.20 bits per heavy atom. The average Bonchev–Trinajstić information content (AvgIpc) is 2.83. The van der Waals surface area contributed by atoms with Gasteiger partial charge in [0.05, 0.1) is 5.57 Å². The van der Waals surface area contributed by atoms with Crippen LogP contribution >= 0.6 is 0 Å². The Balaban J connectivity index is 0.000000656. The number of guanidine groups is 1. The number of aliphatic carboxylic acids is 1. The van der Waals surface area contributed by atoms with Gasteiger partial charge in [-0.3, -0.25) is 9.59 Å². The summed E-state index contributed by atoms with van der Waals surface area (Å²) in [5.74, 6) is -0.673. The number of aliphatic hydroxyl groups excluding tert-OH is 1. The van der Waals surface area contributed by atoms with Crippen LogP contribution in [0, 0.1) is 0 Å². The van der Waals surface area contributed by atoms with E-state index < -0.39 is 5.97 Å². The molecular weight excluding hydrogens is 386 g/mol. The minimum atomic E-state index is -0.711. The summed E-state index contributed by atoms with van der Waals surface area (Å²) < 4.78 is 0. The predicted octanol–water partition coefficient (Wildman–Crippen LogP) is 1.90. The second-order valence-corrected chi connectivity index (χ2v) is 6.52. The van der Waals surface area contributed by atoms with Gasteiger partial charge in [-0.1, -0.05) is 25.6 Å². The average molecular weight is 415 g/mol. The number of rotatable bonds is 7. The summed E-state index contributed by atoms with van der Waals surface area (Å²) in [6, 6.07) is 7.31. The number of amides is 1. The van der Waals surface area contributed by atoms with E-state index >= 15 is 0 Å². The number of hydrogen-bond donors (Lipinski definition) is 5. The molecule has 9 nitrogen and oxygen atoms in total. The van der Waals surface area contributed by atoms with Crippen LogP contribution in [-0.2, 0) is 11.2 Å². The highest BCUT2D eigenvalue weighted by atomic mass is 16.4. The number of amidine groups is 1. The van der Waals surface area contributed by atoms with Crippen molar-refractivity contribution in [3.8, 4) is 0 Å². The molecule has 1 heterocycles. The minimum Gasteiger partial charge on any atom is -0.510 e. The van der Waals surface area contributed by atoms with Gasteiger partial charge in [-0.2, -0.15) is 4.99 Å². The van der Waals surface area contributed by atoms with Crippen LogP contribution in [0.3, 0.4) is 0 Å². The van der Waals surface area contributed by atoms with Crippen LogP contribution in [-0.4, -0.2) is 47.5 Å². The fraction of sp³-hybridized carbons (Fsp3) is 0.333. The van der Waals surface area contributed by atoms with E-state index in [1.165, 1.54) is 0 Å². The summed E-state index contributed by atoms with van der Waals surface area (Å²) in [5.41, 5.74) is 14.1. The molecule has 0 saturated carbocycles. The van der Waals surface area contributed by atoms with E-state index in [1.54, 1.807) is 19.2 Å². The maximum atomic E-state index is 11.5. The molecule has 9 heteroatoms. The molecule has 0 aliphatic carbocycles. The van der Waals surface area contributed by atoms with Crippen molar-refractivity contribution in [3.05, 3.63) is 58.9 Å². The lowest BCUT2D eigenvalue weighted by molar-refractivity contribution is -0.137. The minimum absolute atomic E-state index is 0.0108. The summed E-state index contributed by atoms with van der Waals surface area (Å²) >= 11 is 0. The zero-order valence-corrected chi connectivity index (χ0v) is 17.3. The van der Waals surface area contributed by atoms with Crippen LogP contribution in [0.25, 0.3) is 0 Å². The lowest BCUT2D eigenvalue weighted by Gasteiger charge is -2.11. The van der Waals surface area contributed by atoms with Gasteiger partial charge < -0.3 is 27.0 Å². The topological polar surface area (TPSA) is 163 Å². The number of nitrogens with zero attached hydrogens (tertiary/aromatic N) is 2. The van der Waals surface area contributed by atoms with Crippen LogP contribution < -0.4 is 16.8 Å². The second kappa shape index (κ2) is 12.1. The number of nitrogens with two attached hydrogens (primary N) is 2. The number of aliphatic imine (C=N–C) groups is 2. The van der Waals surface area contributed by atoms with Crippen molar-refractivity contribution in [1.82, 2.24) is 5.32 Å². The van der Waals surface area contributed by atoms with Crippen LogP contribution in [0.2, 0.25) is 0 Å². The Morgan fingerprint density at radius 2 is 1.83 bits per heavy atom. The molecule has 1 aromatic rings. The molecule has 0 atom stereocenters. The predicted molar refractivity (Wildman–Crippen MR) is 118 cm³/mol. The number of carbonyl (C=O) groups excluding carboxylic acids is 1. The van der Waals surface area contributed by atoms with E-state index in [0.717, 1.165) is 12.0 Å². The summed E-state index contributed by atoms with van der Waals surface area (Å²) in [4.78, 5) is 28.9. The van der Waals surface area contributed by atoms with E-state index in [2.05, 4.69) is 21.9 Å². The molecule has 7 N–H and O–H groups in total. The van der Waals surface area contributed by atoms with Gasteiger partial charge in [-0.05, 0) is 42.5 Å². The Morgan fingerprint density at radius 3 is 2.33 bits per heavy atom. The van der Waals surface area contributed by atoms with Gasteiger partial charge in [-0.15, -0.1) is 0 Å². The third kappa shape index (κ3) is 7.78. The standard InChI is InChI=1S/C17H21N5O2.C4H8O2/c1-10(14-13(23)9-21-17(19)22-15(14)18)3-4-11-5-7-12(8-6-11)16(24)20-2;1-2-3-4(5)6/h5-8,23H,1,3-4,9H2,2H3,(H,20,24)(H4,18,19,21,22);2-3H2,1H3,(H,5,6). The summed E-state index contributed by atoms with van der Waals surface area (Å²) in [6.45, 7) is 5.86. The van der Waals surface area contributed by atoms with E-state index in [9.17, 15) is 14.7 Å². The third-order valence-electron chi connectivity index (χ3n) is 4.15. The lowest BCUT2D eigenvalue weighted by atomic mass is 9.97. The van der Waals surface area contributed by atoms with E-state index in [-0.39, 0.29) is 30.0 Å². The van der Waals surface area contributed by atoms with Crippen molar-refractivity contribution < 1.29 is 19.8 Å². The number of benzene rings is 1. The first-order chi connectivity index (χ1) is 14.2. The molecule has 1 aliphatic rings. The van der Waals surface area contributed by atoms with Gasteiger partial charge in [-0.25, -0.2) is 4.99 Å². The molecule has 0 fully saturated rings. The molecule has 0 aromatic heterocycles. The summed E-state index contributed by atoms with van der Waals surface area (Å²) in [5, 5.41) is 20.6. The van der Waals surface area contributed by atoms with Crippen molar-refractivity contribution in [1.29, 1.82) is 0 Å². The fourth-order valence-corrected chi connectivity index (χ4v) is 2.58. The molecule has 0 saturated heterocycles. The molecule has 0 bridgehead atoms. The smallest absolute Gasteiger partial charge is 0.303 e. The molecule has 30 heavy (non-hydrogen) atoms. The highest BCUT2D eigenvalue weighted by Crippen LogP contribution is 2.20. The molecule has 1 amide bonds. The summed E-state index contributed by atoms with van der Waals surface area (Å²) in [6.07, 6.45) is 2.29. The fourth-order valence-electron chi connectivity index (χ4n) is 2.58. The van der Waals surface area contributed by atoms with Gasteiger partial charge in [0.2, 0.25) is 5.96 Å². The van der Waals surface area contributed by atoms with Gasteiger partial charge in [0.15, 0.2) is 0 Å².